The zero-order valence-electron chi connectivity index (χ0n) is 17.4. The second-order valence-electron chi connectivity index (χ2n) is 7.30. The van der Waals surface area contributed by atoms with Crippen molar-refractivity contribution in [2.24, 2.45) is 0 Å². The summed E-state index contributed by atoms with van der Waals surface area (Å²) in [4.78, 5) is 61.1. The summed E-state index contributed by atoms with van der Waals surface area (Å²) in [7, 11) is 0. The van der Waals surface area contributed by atoms with Crippen molar-refractivity contribution in [3.63, 3.8) is 0 Å². The molecule has 1 aliphatic heterocycles. The summed E-state index contributed by atoms with van der Waals surface area (Å²) in [5.74, 6) is -2.99. The van der Waals surface area contributed by atoms with Crippen LogP contribution in [-0.2, 0) is 6.54 Å². The van der Waals surface area contributed by atoms with E-state index in [0.717, 1.165) is 17.1 Å². The first kappa shape index (κ1) is 23.8. The standard InChI is InChI=1S/C22H12Cl2N4O7/c23-16-8-7-12(9-17(16)24)11-25(20(29)13-3-1-4-14(10-13)27(32)33)26-21(30)15-5-2-6-18(28(34)35)19(15)22(26)31/h1-10H,11H2. The lowest BCUT2D eigenvalue weighted by molar-refractivity contribution is -0.385. The molecule has 1 heterocycles. The number of nitro benzene ring substituents is 2. The maximum Gasteiger partial charge on any atom is 0.287 e. The molecule has 0 fully saturated rings. The molecule has 0 atom stereocenters. The van der Waals surface area contributed by atoms with Gasteiger partial charge in [-0.15, -0.1) is 0 Å². The minimum Gasteiger partial charge on any atom is -0.267 e. The first-order chi connectivity index (χ1) is 16.6. The van der Waals surface area contributed by atoms with Crippen LogP contribution in [0.1, 0.15) is 36.6 Å². The van der Waals surface area contributed by atoms with Crippen molar-refractivity contribution in [2.45, 2.75) is 6.54 Å². The number of benzene rings is 3. The summed E-state index contributed by atoms with van der Waals surface area (Å²) >= 11 is 12.0. The van der Waals surface area contributed by atoms with Crippen molar-refractivity contribution in [3.8, 4) is 0 Å². The van der Waals surface area contributed by atoms with Gasteiger partial charge in [-0.2, -0.15) is 5.01 Å². The Kier molecular flexibility index (Phi) is 6.20. The van der Waals surface area contributed by atoms with Gasteiger partial charge < -0.3 is 0 Å². The molecule has 11 nitrogen and oxygen atoms in total. The Morgan fingerprint density at radius 3 is 2.26 bits per heavy atom. The number of carbonyl (C=O) groups excluding carboxylic acids is 3. The molecule has 13 heteroatoms. The van der Waals surface area contributed by atoms with Crippen molar-refractivity contribution in [3.05, 3.63) is 113 Å². The maximum atomic E-state index is 13.5. The van der Waals surface area contributed by atoms with Crippen molar-refractivity contribution in [1.82, 2.24) is 10.0 Å². The number of fused-ring (bicyclic) bond motifs is 1. The summed E-state index contributed by atoms with van der Waals surface area (Å²) < 4.78 is 0. The van der Waals surface area contributed by atoms with E-state index < -0.39 is 38.8 Å². The number of hydrazine groups is 1. The van der Waals surface area contributed by atoms with Crippen LogP contribution in [-0.4, -0.2) is 37.6 Å². The number of imide groups is 1. The minimum absolute atomic E-state index is 0.143. The molecule has 0 aliphatic carbocycles. The van der Waals surface area contributed by atoms with Gasteiger partial charge in [-0.05, 0) is 29.8 Å². The van der Waals surface area contributed by atoms with Crippen molar-refractivity contribution < 1.29 is 24.2 Å². The molecule has 3 amide bonds. The number of halogens is 2. The molecule has 3 aromatic carbocycles. The zero-order chi connectivity index (χ0) is 25.4. The quantitative estimate of drug-likeness (QED) is 0.264. The molecule has 1 aliphatic rings. The fourth-order valence-corrected chi connectivity index (χ4v) is 3.89. The summed E-state index contributed by atoms with van der Waals surface area (Å²) in [6.07, 6.45) is 0. The summed E-state index contributed by atoms with van der Waals surface area (Å²) in [5, 5.41) is 24.3. The zero-order valence-corrected chi connectivity index (χ0v) is 18.9. The van der Waals surface area contributed by atoms with E-state index in [1.807, 2.05) is 0 Å². The van der Waals surface area contributed by atoms with E-state index in [1.54, 1.807) is 0 Å². The number of rotatable bonds is 6. The van der Waals surface area contributed by atoms with Crippen molar-refractivity contribution in [2.75, 3.05) is 0 Å². The van der Waals surface area contributed by atoms with Crippen molar-refractivity contribution >= 4 is 52.3 Å². The van der Waals surface area contributed by atoms with E-state index in [4.69, 9.17) is 23.2 Å². The minimum atomic E-state index is -1.09. The second kappa shape index (κ2) is 9.12. The lowest BCUT2D eigenvalue weighted by atomic mass is 10.1. The van der Waals surface area contributed by atoms with Gasteiger partial charge in [0.25, 0.3) is 29.1 Å². The van der Waals surface area contributed by atoms with Gasteiger partial charge in [-0.3, -0.25) is 34.6 Å². The highest BCUT2D eigenvalue weighted by Crippen LogP contribution is 2.33. The van der Waals surface area contributed by atoms with Gasteiger partial charge in [-0.25, -0.2) is 5.01 Å². The van der Waals surface area contributed by atoms with Gasteiger partial charge in [0.1, 0.15) is 5.56 Å². The van der Waals surface area contributed by atoms with Crippen LogP contribution < -0.4 is 0 Å². The van der Waals surface area contributed by atoms with E-state index in [0.29, 0.717) is 10.6 Å². The number of carbonyl (C=O) groups is 3. The van der Waals surface area contributed by atoms with E-state index in [9.17, 15) is 34.6 Å². The first-order valence-electron chi connectivity index (χ1n) is 9.76. The van der Waals surface area contributed by atoms with Gasteiger partial charge in [0.2, 0.25) is 0 Å². The Balaban J connectivity index is 1.83. The predicted octanol–water partition coefficient (Wildman–Crippen LogP) is 4.66. The molecule has 0 aromatic heterocycles. The Hall–Kier alpha value is -4.35. The third-order valence-corrected chi connectivity index (χ3v) is 5.90. The molecule has 0 N–H and O–H groups in total. The molecule has 35 heavy (non-hydrogen) atoms. The van der Waals surface area contributed by atoms with Crippen LogP contribution in [0.15, 0.2) is 60.7 Å². The van der Waals surface area contributed by atoms with E-state index in [2.05, 4.69) is 0 Å². The average Bonchev–Trinajstić information content (AvgIpc) is 3.09. The highest BCUT2D eigenvalue weighted by molar-refractivity contribution is 6.42. The Bertz CT molecular complexity index is 1440. The van der Waals surface area contributed by atoms with Gasteiger partial charge >= 0.3 is 0 Å². The monoisotopic (exact) mass is 514 g/mol. The number of amides is 3. The molecule has 0 radical (unpaired) electrons. The molecule has 0 spiro atoms. The van der Waals surface area contributed by atoms with Crippen LogP contribution in [0.4, 0.5) is 11.4 Å². The summed E-state index contributed by atoms with van der Waals surface area (Å²) in [5.41, 5.74) is -1.53. The van der Waals surface area contributed by atoms with Gasteiger partial charge in [0.15, 0.2) is 0 Å². The molecule has 0 saturated heterocycles. The highest BCUT2D eigenvalue weighted by Gasteiger charge is 2.45. The Morgan fingerprint density at radius 2 is 1.60 bits per heavy atom. The predicted molar refractivity (Wildman–Crippen MR) is 123 cm³/mol. The van der Waals surface area contributed by atoms with Crippen LogP contribution in [0.3, 0.4) is 0 Å². The van der Waals surface area contributed by atoms with Crippen molar-refractivity contribution in [1.29, 1.82) is 0 Å². The van der Waals surface area contributed by atoms with E-state index in [-0.39, 0.29) is 33.4 Å². The average molecular weight is 515 g/mol. The topological polar surface area (TPSA) is 144 Å². The Morgan fingerprint density at radius 1 is 0.886 bits per heavy atom. The number of nitro groups is 2. The molecule has 0 bridgehead atoms. The second-order valence-corrected chi connectivity index (χ2v) is 8.11. The largest absolute Gasteiger partial charge is 0.287 e. The van der Waals surface area contributed by atoms with Gasteiger partial charge in [0, 0.05) is 23.8 Å². The Labute approximate surface area is 206 Å². The third-order valence-electron chi connectivity index (χ3n) is 5.16. The molecule has 4 rings (SSSR count). The fourth-order valence-electron chi connectivity index (χ4n) is 3.57. The van der Waals surface area contributed by atoms with Gasteiger partial charge in [0.05, 0.1) is 32.0 Å². The summed E-state index contributed by atoms with van der Waals surface area (Å²) in [6, 6.07) is 12.6. The van der Waals surface area contributed by atoms with Crippen LogP contribution in [0.2, 0.25) is 10.0 Å². The lowest BCUT2D eigenvalue weighted by Gasteiger charge is -2.30. The third kappa shape index (κ3) is 4.29. The van der Waals surface area contributed by atoms with Crippen LogP contribution in [0, 0.1) is 20.2 Å². The van der Waals surface area contributed by atoms with Crippen LogP contribution >= 0.6 is 23.2 Å². The number of non-ortho nitro benzene ring substituents is 1. The number of hydrogen-bond donors (Lipinski definition) is 0. The number of hydrogen-bond acceptors (Lipinski definition) is 7. The molecule has 176 valence electrons. The highest BCUT2D eigenvalue weighted by atomic mass is 35.5. The molecule has 3 aromatic rings. The molecule has 0 unspecified atom stereocenters. The smallest absolute Gasteiger partial charge is 0.267 e. The van der Waals surface area contributed by atoms with Gasteiger partial charge in [-0.1, -0.05) is 41.4 Å². The molecular formula is C22H12Cl2N4O7. The molecular weight excluding hydrogens is 503 g/mol. The van der Waals surface area contributed by atoms with E-state index in [1.165, 1.54) is 48.5 Å². The maximum absolute atomic E-state index is 13.5. The SMILES string of the molecule is O=C(c1cccc([N+](=O)[O-])c1)N(Cc1ccc(Cl)c(Cl)c1)N1C(=O)c2cccc([N+](=O)[O-])c2C1=O. The lowest BCUT2D eigenvalue weighted by Crippen LogP contribution is -2.49. The summed E-state index contributed by atoms with van der Waals surface area (Å²) in [6.45, 7) is -0.377. The fraction of sp³-hybridized carbons (Fsp3) is 0.0455. The van der Waals surface area contributed by atoms with Crippen LogP contribution in [0.25, 0.3) is 0 Å². The first-order valence-corrected chi connectivity index (χ1v) is 10.5. The van der Waals surface area contributed by atoms with E-state index >= 15 is 0 Å². The molecule has 0 saturated carbocycles. The number of nitrogens with zero attached hydrogens (tertiary/aromatic N) is 4. The normalized spacial score (nSPS) is 12.5. The van der Waals surface area contributed by atoms with Crippen LogP contribution in [0.5, 0.6) is 0 Å².